The minimum absolute atomic E-state index is 0.298. The molecule has 1 saturated carbocycles. The quantitative estimate of drug-likeness (QED) is 0.789. The number of nitrogens with one attached hydrogen (secondary N) is 1. The number of nitriles is 1. The molecule has 1 N–H and O–H groups in total. The summed E-state index contributed by atoms with van der Waals surface area (Å²) in [4.78, 5) is 0. The van der Waals surface area contributed by atoms with Crippen LogP contribution in [0.25, 0.3) is 0 Å². The Hall–Kier alpha value is -0.590. The van der Waals surface area contributed by atoms with Gasteiger partial charge in [-0.3, -0.25) is 5.32 Å². The largest absolute Gasteiger partial charge is 0.375 e. The molecule has 104 valence electrons. The van der Waals surface area contributed by atoms with Gasteiger partial charge in [-0.2, -0.15) is 5.26 Å². The van der Waals surface area contributed by atoms with E-state index in [9.17, 15) is 5.26 Å². The molecule has 0 amide bonds. The van der Waals surface area contributed by atoms with Gasteiger partial charge in [-0.25, -0.2) is 0 Å². The van der Waals surface area contributed by atoms with Gasteiger partial charge in [-0.1, -0.05) is 26.2 Å². The fourth-order valence-electron chi connectivity index (χ4n) is 2.88. The van der Waals surface area contributed by atoms with Crippen LogP contribution < -0.4 is 5.32 Å². The predicted octanol–water partition coefficient (Wildman–Crippen LogP) is 3.25. The second kappa shape index (κ2) is 7.11. The number of hydrogen-bond donors (Lipinski definition) is 1. The van der Waals surface area contributed by atoms with Gasteiger partial charge in [0.05, 0.1) is 18.8 Å². The molecule has 0 aromatic rings. The Bertz CT molecular complexity index is 285. The van der Waals surface area contributed by atoms with Crippen molar-refractivity contribution in [1.82, 2.24) is 5.32 Å². The average Bonchev–Trinajstić information content (AvgIpc) is 2.36. The normalized spacial score (nSPS) is 27.8. The monoisotopic (exact) mass is 252 g/mol. The van der Waals surface area contributed by atoms with E-state index < -0.39 is 5.54 Å². The Kier molecular flexibility index (Phi) is 6.11. The molecule has 0 aliphatic heterocycles. The van der Waals surface area contributed by atoms with Gasteiger partial charge < -0.3 is 4.74 Å². The summed E-state index contributed by atoms with van der Waals surface area (Å²) in [6.07, 6.45) is 6.57. The number of ether oxygens (including phenoxy) is 1. The maximum Gasteiger partial charge on any atom is 0.127 e. The van der Waals surface area contributed by atoms with E-state index in [2.05, 4.69) is 32.2 Å². The topological polar surface area (TPSA) is 45.0 Å². The van der Waals surface area contributed by atoms with Crippen LogP contribution in [0, 0.1) is 17.2 Å². The fourth-order valence-corrected chi connectivity index (χ4v) is 2.88. The van der Waals surface area contributed by atoms with Crippen molar-refractivity contribution < 1.29 is 4.74 Å². The molecule has 0 aromatic heterocycles. The lowest BCUT2D eigenvalue weighted by atomic mass is 9.84. The van der Waals surface area contributed by atoms with Crippen LogP contribution >= 0.6 is 0 Å². The minimum Gasteiger partial charge on any atom is -0.375 e. The zero-order valence-electron chi connectivity index (χ0n) is 12.3. The Morgan fingerprint density at radius 3 is 2.61 bits per heavy atom. The lowest BCUT2D eigenvalue weighted by Crippen LogP contribution is -2.49. The molecule has 0 aromatic carbocycles. The van der Waals surface area contributed by atoms with E-state index in [-0.39, 0.29) is 0 Å². The van der Waals surface area contributed by atoms with Crippen LogP contribution in [0.15, 0.2) is 0 Å². The van der Waals surface area contributed by atoms with Gasteiger partial charge in [-0.15, -0.1) is 0 Å². The molecule has 1 aliphatic carbocycles. The van der Waals surface area contributed by atoms with Crippen molar-refractivity contribution in [2.45, 2.75) is 77.5 Å². The van der Waals surface area contributed by atoms with E-state index in [1.165, 1.54) is 25.7 Å². The van der Waals surface area contributed by atoms with Gasteiger partial charge in [0.1, 0.15) is 5.54 Å². The van der Waals surface area contributed by atoms with E-state index in [1.54, 1.807) is 0 Å². The molecule has 0 saturated heterocycles. The Balaban J connectivity index is 2.48. The van der Waals surface area contributed by atoms with Crippen LogP contribution in [-0.2, 0) is 4.74 Å². The van der Waals surface area contributed by atoms with Crippen LogP contribution in [0.2, 0.25) is 0 Å². The Labute approximate surface area is 112 Å². The fraction of sp³-hybridized carbons (Fsp3) is 0.933. The van der Waals surface area contributed by atoms with E-state index in [0.29, 0.717) is 24.7 Å². The zero-order valence-corrected chi connectivity index (χ0v) is 12.3. The van der Waals surface area contributed by atoms with Gasteiger partial charge in [0.25, 0.3) is 0 Å². The molecule has 3 unspecified atom stereocenters. The van der Waals surface area contributed by atoms with Crippen molar-refractivity contribution in [1.29, 1.82) is 5.26 Å². The summed E-state index contributed by atoms with van der Waals surface area (Å²) >= 11 is 0. The van der Waals surface area contributed by atoms with Crippen molar-refractivity contribution in [3.8, 4) is 6.07 Å². The van der Waals surface area contributed by atoms with Crippen molar-refractivity contribution in [2.75, 3.05) is 6.61 Å². The second-order valence-electron chi connectivity index (χ2n) is 6.05. The van der Waals surface area contributed by atoms with Crippen molar-refractivity contribution >= 4 is 0 Å². The molecule has 3 nitrogen and oxygen atoms in total. The van der Waals surface area contributed by atoms with Crippen molar-refractivity contribution in [3.05, 3.63) is 0 Å². The third-order valence-corrected chi connectivity index (χ3v) is 3.80. The highest BCUT2D eigenvalue weighted by atomic mass is 16.5. The number of nitrogens with zero attached hydrogens (tertiary/aromatic N) is 1. The number of hydrogen-bond acceptors (Lipinski definition) is 3. The van der Waals surface area contributed by atoms with Crippen LogP contribution in [0.3, 0.4) is 0 Å². The molecule has 1 rings (SSSR count). The predicted molar refractivity (Wildman–Crippen MR) is 74.3 cm³/mol. The summed E-state index contributed by atoms with van der Waals surface area (Å²) in [5.41, 5.74) is -0.566. The summed E-state index contributed by atoms with van der Waals surface area (Å²) in [6, 6.07) is 2.64. The van der Waals surface area contributed by atoms with Crippen LogP contribution in [0.4, 0.5) is 0 Å². The van der Waals surface area contributed by atoms with E-state index >= 15 is 0 Å². The molecular formula is C15H28N2O. The zero-order chi connectivity index (χ0) is 13.6. The SMILES string of the molecule is CCC1CCCCC1OCC(C)(C#N)NC(C)C. The van der Waals surface area contributed by atoms with Gasteiger partial charge in [-0.05, 0) is 39.5 Å². The molecule has 0 heterocycles. The minimum atomic E-state index is -0.566. The van der Waals surface area contributed by atoms with Gasteiger partial charge in [0.15, 0.2) is 0 Å². The summed E-state index contributed by atoms with van der Waals surface area (Å²) in [5.74, 6) is 0.681. The molecular weight excluding hydrogens is 224 g/mol. The van der Waals surface area contributed by atoms with Crippen LogP contribution in [0.1, 0.15) is 59.8 Å². The summed E-state index contributed by atoms with van der Waals surface area (Å²) in [5, 5.41) is 12.6. The first-order valence-corrected chi connectivity index (χ1v) is 7.31. The molecule has 3 heteroatoms. The summed E-state index contributed by atoms with van der Waals surface area (Å²) < 4.78 is 6.06. The maximum absolute atomic E-state index is 9.29. The lowest BCUT2D eigenvalue weighted by Gasteiger charge is -2.34. The first kappa shape index (κ1) is 15.5. The summed E-state index contributed by atoms with van der Waals surface area (Å²) in [7, 11) is 0. The van der Waals surface area contributed by atoms with Gasteiger partial charge in [0.2, 0.25) is 0 Å². The van der Waals surface area contributed by atoms with E-state index in [1.807, 2.05) is 6.92 Å². The molecule has 3 atom stereocenters. The third-order valence-electron chi connectivity index (χ3n) is 3.80. The smallest absolute Gasteiger partial charge is 0.127 e. The van der Waals surface area contributed by atoms with Crippen LogP contribution in [-0.4, -0.2) is 24.3 Å². The molecule has 0 spiro atoms. The van der Waals surface area contributed by atoms with Gasteiger partial charge in [0, 0.05) is 6.04 Å². The molecule has 1 aliphatic rings. The highest BCUT2D eigenvalue weighted by Gasteiger charge is 2.30. The molecule has 18 heavy (non-hydrogen) atoms. The average molecular weight is 252 g/mol. The highest BCUT2D eigenvalue weighted by Crippen LogP contribution is 2.29. The van der Waals surface area contributed by atoms with E-state index in [0.717, 1.165) is 6.42 Å². The highest BCUT2D eigenvalue weighted by molar-refractivity contribution is 5.04. The lowest BCUT2D eigenvalue weighted by molar-refractivity contribution is -0.0297. The third kappa shape index (κ3) is 4.59. The van der Waals surface area contributed by atoms with E-state index in [4.69, 9.17) is 4.74 Å². The van der Waals surface area contributed by atoms with Gasteiger partial charge >= 0.3 is 0 Å². The molecule has 0 bridgehead atoms. The second-order valence-corrected chi connectivity index (χ2v) is 6.05. The standard InChI is InChI=1S/C15H28N2O/c1-5-13-8-6-7-9-14(13)18-11-15(4,10-16)17-12(2)3/h12-14,17H,5-9,11H2,1-4H3. The maximum atomic E-state index is 9.29. The van der Waals surface area contributed by atoms with Crippen LogP contribution in [0.5, 0.6) is 0 Å². The Morgan fingerprint density at radius 2 is 2.06 bits per heavy atom. The Morgan fingerprint density at radius 1 is 1.39 bits per heavy atom. The molecule has 1 fully saturated rings. The van der Waals surface area contributed by atoms with Crippen molar-refractivity contribution in [3.63, 3.8) is 0 Å². The number of rotatable bonds is 6. The first-order valence-electron chi connectivity index (χ1n) is 7.31. The van der Waals surface area contributed by atoms with Crippen molar-refractivity contribution in [2.24, 2.45) is 5.92 Å². The summed E-state index contributed by atoms with van der Waals surface area (Å²) in [6.45, 7) is 8.78. The molecule has 0 radical (unpaired) electrons. The first-order chi connectivity index (χ1) is 8.50.